The molecule has 1 N–H and O–H groups in total. The second kappa shape index (κ2) is 33.0. The Kier molecular flexibility index (Phi) is 34.5. The largest absolute Gasteiger partial charge is 0.493 e. The Morgan fingerprint density at radius 2 is 0.978 bits per heavy atom. The minimum Gasteiger partial charge on any atom is -0.493 e. The molecule has 3 aliphatic rings. The molecule has 0 spiro atoms. The van der Waals surface area contributed by atoms with E-state index in [0.717, 1.165) is 43.1 Å². The van der Waals surface area contributed by atoms with Crippen LogP contribution in [0.4, 0.5) is 5.69 Å². The number of anilines is 1. The number of para-hydroxylation sites is 2. The summed E-state index contributed by atoms with van der Waals surface area (Å²) in [5.74, 6) is 4.84. The zero-order chi connectivity index (χ0) is 35.0. The van der Waals surface area contributed by atoms with Gasteiger partial charge in [-0.1, -0.05) is 158 Å². The summed E-state index contributed by atoms with van der Waals surface area (Å²) in [6.07, 6.45) is 3.53. The van der Waals surface area contributed by atoms with E-state index in [1.807, 2.05) is 71.5 Å². The minimum atomic E-state index is 0.833. The van der Waals surface area contributed by atoms with Crippen molar-refractivity contribution in [2.24, 2.45) is 17.8 Å². The van der Waals surface area contributed by atoms with E-state index in [4.69, 9.17) is 4.74 Å². The van der Waals surface area contributed by atoms with Crippen LogP contribution in [0.2, 0.25) is 0 Å². The van der Waals surface area contributed by atoms with Gasteiger partial charge in [-0.3, -0.25) is 0 Å². The van der Waals surface area contributed by atoms with Gasteiger partial charge in [0.1, 0.15) is 5.75 Å². The predicted molar refractivity (Wildman–Crippen MR) is 211 cm³/mol. The van der Waals surface area contributed by atoms with Crippen LogP contribution >= 0.6 is 11.8 Å². The Morgan fingerprint density at radius 1 is 0.533 bits per heavy atom. The number of nitrogens with one attached hydrogen (secondary N) is 1. The summed E-state index contributed by atoms with van der Waals surface area (Å²) < 4.78 is 5.30. The first-order valence-electron chi connectivity index (χ1n) is 17.8. The molecule has 0 radical (unpaired) electrons. The summed E-state index contributed by atoms with van der Waals surface area (Å²) in [5.41, 5.74) is 5.65. The third-order valence-electron chi connectivity index (χ3n) is 4.93. The van der Waals surface area contributed by atoms with Crippen molar-refractivity contribution in [2.45, 2.75) is 128 Å². The summed E-state index contributed by atoms with van der Waals surface area (Å²) in [6, 6.07) is 25.3. The first kappa shape index (κ1) is 47.0. The van der Waals surface area contributed by atoms with E-state index < -0.39 is 0 Å². The van der Waals surface area contributed by atoms with Crippen molar-refractivity contribution in [3.05, 3.63) is 89.5 Å². The number of aryl methyl sites for hydroxylation is 1. The lowest BCUT2D eigenvalue weighted by atomic mass is 10.2. The van der Waals surface area contributed by atoms with Crippen molar-refractivity contribution in [3.8, 4) is 5.75 Å². The van der Waals surface area contributed by atoms with Gasteiger partial charge >= 0.3 is 0 Å². The molecule has 0 aliphatic carbocycles. The van der Waals surface area contributed by atoms with Gasteiger partial charge in [0.05, 0.1) is 6.61 Å². The quantitative estimate of drug-likeness (QED) is 0.264. The number of rotatable bonds is 0. The lowest BCUT2D eigenvalue weighted by Crippen LogP contribution is -1.90. The van der Waals surface area contributed by atoms with E-state index in [2.05, 4.69) is 122 Å². The molecule has 0 aromatic heterocycles. The molecular weight excluding hydrogens is 567 g/mol. The molecule has 3 aromatic rings. The highest BCUT2D eigenvalue weighted by Gasteiger charge is 2.09. The fourth-order valence-corrected chi connectivity index (χ4v) is 4.56. The first-order chi connectivity index (χ1) is 21.6. The molecule has 0 fully saturated rings. The second-order valence-corrected chi connectivity index (χ2v) is 13.1. The van der Waals surface area contributed by atoms with Crippen LogP contribution in [0.15, 0.2) is 77.7 Å². The zero-order valence-corrected chi connectivity index (χ0v) is 33.0. The van der Waals surface area contributed by atoms with E-state index in [1.165, 1.54) is 45.9 Å². The van der Waals surface area contributed by atoms with Gasteiger partial charge in [0, 0.05) is 29.3 Å². The summed E-state index contributed by atoms with van der Waals surface area (Å²) >= 11 is 1.97. The minimum absolute atomic E-state index is 0.833. The van der Waals surface area contributed by atoms with E-state index in [-0.39, 0.29) is 0 Å². The van der Waals surface area contributed by atoms with Gasteiger partial charge in [-0.25, -0.2) is 0 Å². The maximum absolute atomic E-state index is 5.30. The summed E-state index contributed by atoms with van der Waals surface area (Å²) in [6.45, 7) is 33.5. The van der Waals surface area contributed by atoms with Crippen LogP contribution in [0.5, 0.6) is 5.75 Å². The first-order valence-corrected chi connectivity index (χ1v) is 18.8. The molecule has 3 heteroatoms. The molecule has 0 atom stereocenters. The van der Waals surface area contributed by atoms with E-state index >= 15 is 0 Å². The molecule has 0 saturated carbocycles. The van der Waals surface area contributed by atoms with Crippen molar-refractivity contribution >= 4 is 17.4 Å². The zero-order valence-electron chi connectivity index (χ0n) is 32.2. The van der Waals surface area contributed by atoms with Crippen molar-refractivity contribution in [3.63, 3.8) is 0 Å². The molecule has 2 nitrogen and oxygen atoms in total. The van der Waals surface area contributed by atoms with Crippen molar-refractivity contribution < 1.29 is 4.74 Å². The van der Waals surface area contributed by atoms with Gasteiger partial charge in [-0.15, -0.1) is 11.8 Å². The fourth-order valence-electron chi connectivity index (χ4n) is 3.49. The molecule has 6 rings (SSSR count). The number of thioether (sulfide) groups is 1. The maximum Gasteiger partial charge on any atom is 0.122 e. The standard InChI is InChI=1S/C8H9N.C8H8O.C8H8S.3C4H10.3C2H6/c3*1-2-4-8-7(3-1)5-6-9-8;3*1-4(2)3;3*1-2/h1-4,9H,5-6H2;2*1-4H,5-6H2;3*4H,1-3H3;3*1-2H3. The number of ether oxygens (including phenoxy) is 1. The van der Waals surface area contributed by atoms with Crippen LogP contribution in [0.25, 0.3) is 0 Å². The molecule has 3 aliphatic heterocycles. The van der Waals surface area contributed by atoms with Gasteiger partial charge in [0.25, 0.3) is 0 Å². The van der Waals surface area contributed by atoms with Crippen LogP contribution in [0, 0.1) is 17.8 Å². The average Bonchev–Trinajstić information content (AvgIpc) is 3.81. The van der Waals surface area contributed by atoms with E-state index in [9.17, 15) is 0 Å². The second-order valence-electron chi connectivity index (χ2n) is 11.9. The van der Waals surface area contributed by atoms with Gasteiger partial charge in [0.15, 0.2) is 0 Å². The summed E-state index contributed by atoms with van der Waals surface area (Å²) in [5, 5.41) is 3.30. The number of fused-ring (bicyclic) bond motifs is 3. The molecule has 3 aromatic carbocycles. The molecule has 0 bridgehead atoms. The van der Waals surface area contributed by atoms with Crippen LogP contribution in [-0.4, -0.2) is 18.9 Å². The number of hydrogen-bond acceptors (Lipinski definition) is 3. The fraction of sp³-hybridized carbons (Fsp3) is 0.571. The lowest BCUT2D eigenvalue weighted by Gasteiger charge is -1.94. The lowest BCUT2D eigenvalue weighted by molar-refractivity contribution is 0.357. The van der Waals surface area contributed by atoms with Crippen molar-refractivity contribution in [2.75, 3.05) is 24.2 Å². The maximum atomic E-state index is 5.30. The van der Waals surface area contributed by atoms with Gasteiger partial charge in [0.2, 0.25) is 0 Å². The molecule has 0 saturated heterocycles. The Morgan fingerprint density at radius 3 is 1.47 bits per heavy atom. The van der Waals surface area contributed by atoms with Crippen molar-refractivity contribution in [1.82, 2.24) is 0 Å². The van der Waals surface area contributed by atoms with Crippen LogP contribution in [-0.2, 0) is 19.3 Å². The average molecular weight is 640 g/mol. The molecule has 0 amide bonds. The Balaban J connectivity index is -0.000000471. The Hall–Kier alpha value is -2.39. The van der Waals surface area contributed by atoms with Crippen LogP contribution in [0.3, 0.4) is 0 Å². The Labute approximate surface area is 286 Å². The molecule has 258 valence electrons. The third-order valence-corrected chi connectivity index (χ3v) is 6.05. The monoisotopic (exact) mass is 640 g/mol. The third kappa shape index (κ3) is 27.6. The highest BCUT2D eigenvalue weighted by atomic mass is 32.2. The molecule has 3 heterocycles. The molecular formula is C42H73NOS. The van der Waals surface area contributed by atoms with Crippen LogP contribution in [0.1, 0.15) is 121 Å². The topological polar surface area (TPSA) is 21.3 Å². The van der Waals surface area contributed by atoms with Gasteiger partial charge < -0.3 is 10.1 Å². The van der Waals surface area contributed by atoms with E-state index in [0.29, 0.717) is 0 Å². The number of benzene rings is 3. The molecule has 45 heavy (non-hydrogen) atoms. The summed E-state index contributed by atoms with van der Waals surface area (Å²) in [7, 11) is 0. The SMILES string of the molecule is CC.CC.CC.CC(C)C.CC(C)C.CC(C)C.c1ccc2c(c1)CCN2.c1ccc2c(c1)CCO2.c1ccc2c(c1)CCS2. The van der Waals surface area contributed by atoms with Crippen molar-refractivity contribution in [1.29, 1.82) is 0 Å². The van der Waals surface area contributed by atoms with Crippen LogP contribution < -0.4 is 10.1 Å². The molecule has 0 unspecified atom stereocenters. The summed E-state index contributed by atoms with van der Waals surface area (Å²) in [4.78, 5) is 1.48. The Bertz CT molecular complexity index is 819. The highest BCUT2D eigenvalue weighted by Crippen LogP contribution is 2.30. The highest BCUT2D eigenvalue weighted by molar-refractivity contribution is 7.99. The predicted octanol–water partition coefficient (Wildman–Crippen LogP) is 13.7. The van der Waals surface area contributed by atoms with Gasteiger partial charge in [-0.2, -0.15) is 0 Å². The van der Waals surface area contributed by atoms with Gasteiger partial charge in [-0.05, 0) is 65.5 Å². The number of hydrogen-bond donors (Lipinski definition) is 1. The smallest absolute Gasteiger partial charge is 0.122 e. The normalized spacial score (nSPS) is 11.8. The van der Waals surface area contributed by atoms with E-state index in [1.54, 1.807) is 0 Å².